The normalized spacial score (nSPS) is 12.5. The number of hydrogen-bond acceptors (Lipinski definition) is 8. The van der Waals surface area contributed by atoms with Crippen LogP contribution in [0.4, 0.5) is 20.3 Å². The highest BCUT2D eigenvalue weighted by Gasteiger charge is 2.23. The third kappa shape index (κ3) is 11.2. The number of aryl methyl sites for hydroxylation is 1. The van der Waals surface area contributed by atoms with Crippen molar-refractivity contribution in [3.63, 3.8) is 0 Å². The number of pyridine rings is 1. The summed E-state index contributed by atoms with van der Waals surface area (Å²) in [5, 5.41) is 8.69. The molecule has 0 unspecified atom stereocenters. The summed E-state index contributed by atoms with van der Waals surface area (Å²) >= 11 is 2.13. The quantitative estimate of drug-likeness (QED) is 0.0459. The van der Waals surface area contributed by atoms with Crippen molar-refractivity contribution in [2.24, 2.45) is 0 Å². The molecule has 2 aromatic heterocycles. The Labute approximate surface area is 316 Å². The predicted octanol–water partition coefficient (Wildman–Crippen LogP) is 8.55. The maximum Gasteiger partial charge on any atom is 0.232 e. The summed E-state index contributed by atoms with van der Waals surface area (Å²) in [5.74, 6) is -0.639. The lowest BCUT2D eigenvalue weighted by Crippen LogP contribution is -2.26. The number of benzene rings is 2. The summed E-state index contributed by atoms with van der Waals surface area (Å²) < 4.78 is 76.6. The first kappa shape index (κ1) is 41.1. The fraction of sp³-hybridized carbons (Fsp3) is 0.486. The Morgan fingerprint density at radius 3 is 2.27 bits per heavy atom. The molecule has 51 heavy (non-hydrogen) atoms. The van der Waals surface area contributed by atoms with Gasteiger partial charge < -0.3 is 19.5 Å². The van der Waals surface area contributed by atoms with Gasteiger partial charge in [-0.15, -0.1) is 0 Å². The van der Waals surface area contributed by atoms with Crippen LogP contribution in [0.25, 0.3) is 22.2 Å². The Balaban J connectivity index is 1.75. The molecule has 4 rings (SSSR count). The predicted molar refractivity (Wildman–Crippen MR) is 216 cm³/mol. The number of nitrogens with one attached hydrogen (secondary N) is 1. The molecular formula is C35H50F2IN5O5SSi2. The van der Waals surface area contributed by atoms with Crippen LogP contribution in [0.5, 0.6) is 5.75 Å². The van der Waals surface area contributed by atoms with Gasteiger partial charge in [-0.25, -0.2) is 26.9 Å². The van der Waals surface area contributed by atoms with Crippen LogP contribution in [-0.4, -0.2) is 72.6 Å². The van der Waals surface area contributed by atoms with Gasteiger partial charge in [0.2, 0.25) is 10.0 Å². The van der Waals surface area contributed by atoms with Gasteiger partial charge in [0, 0.05) is 54.1 Å². The molecule has 4 aromatic rings. The van der Waals surface area contributed by atoms with Crippen LogP contribution in [-0.2, 0) is 39.2 Å². The molecule has 0 aliphatic heterocycles. The van der Waals surface area contributed by atoms with E-state index >= 15 is 8.78 Å². The van der Waals surface area contributed by atoms with E-state index in [1.54, 1.807) is 16.8 Å². The van der Waals surface area contributed by atoms with Gasteiger partial charge in [-0.3, -0.25) is 4.31 Å². The standard InChI is InChI=1S/C35H50F2IN5O5SSi2/c1-10-24-18-32(48-23-47-15-17-51(7,8)9)28(37)19-25(24)29-20-31-33(34(38)41-43(31)22-46-14-16-50(4,5)6)35(40-29)39-21-26-27(36)12-11-13-30(26)42(2)49(3,44)45/h11-13,18-20H,10,14-17,21-23H2,1-9H3,(H,39,40). The Bertz CT molecular complexity index is 1950. The molecule has 2 aromatic carbocycles. The molecule has 280 valence electrons. The first-order chi connectivity index (χ1) is 23.8. The highest BCUT2D eigenvalue weighted by atomic mass is 127. The Hall–Kier alpha value is -2.65. The first-order valence-electron chi connectivity index (χ1n) is 16.9. The highest BCUT2D eigenvalue weighted by molar-refractivity contribution is 14.1. The average Bonchev–Trinajstić information content (AvgIpc) is 3.35. The van der Waals surface area contributed by atoms with Crippen LogP contribution >= 0.6 is 22.6 Å². The minimum Gasteiger partial charge on any atom is -0.464 e. The second-order valence-electron chi connectivity index (χ2n) is 15.0. The van der Waals surface area contributed by atoms with Gasteiger partial charge in [-0.2, -0.15) is 5.10 Å². The van der Waals surface area contributed by atoms with Crippen molar-refractivity contribution in [1.29, 1.82) is 0 Å². The van der Waals surface area contributed by atoms with Gasteiger partial charge >= 0.3 is 0 Å². The minimum atomic E-state index is -3.66. The van der Waals surface area contributed by atoms with E-state index in [2.05, 4.69) is 67.2 Å². The molecular weight excluding hydrogens is 824 g/mol. The summed E-state index contributed by atoms with van der Waals surface area (Å²) in [4.78, 5) is 4.94. The smallest absolute Gasteiger partial charge is 0.232 e. The Morgan fingerprint density at radius 1 is 0.980 bits per heavy atom. The van der Waals surface area contributed by atoms with Crippen molar-refractivity contribution in [2.75, 3.05) is 42.9 Å². The number of sulfonamides is 1. The summed E-state index contributed by atoms with van der Waals surface area (Å²) in [7, 11) is -4.87. The molecule has 0 atom stereocenters. The molecule has 0 radical (unpaired) electrons. The van der Waals surface area contributed by atoms with Gasteiger partial charge in [0.15, 0.2) is 18.4 Å². The number of ether oxygens (including phenoxy) is 3. The van der Waals surface area contributed by atoms with Crippen LogP contribution < -0.4 is 14.4 Å². The fourth-order valence-corrected chi connectivity index (χ4v) is 8.02. The van der Waals surface area contributed by atoms with E-state index in [1.807, 2.05) is 13.0 Å². The molecule has 0 fully saturated rings. The third-order valence-electron chi connectivity index (χ3n) is 8.37. The molecule has 0 spiro atoms. The van der Waals surface area contributed by atoms with Crippen LogP contribution in [0.2, 0.25) is 51.4 Å². The lowest BCUT2D eigenvalue weighted by molar-refractivity contribution is 0.0197. The number of nitrogens with zero attached hydrogens (tertiary/aromatic N) is 4. The summed E-state index contributed by atoms with van der Waals surface area (Å²) in [6.45, 7) is 16.8. The molecule has 16 heteroatoms. The van der Waals surface area contributed by atoms with Crippen LogP contribution in [0.15, 0.2) is 36.4 Å². The Kier molecular flexibility index (Phi) is 13.7. The molecule has 0 saturated carbocycles. The molecule has 0 saturated heterocycles. The SMILES string of the molecule is CCc1cc(OCOCC[Si](C)(C)C)c(F)cc1-c1cc2c(c(I)nn2COCC[Si](C)(C)C)c(NCc2c(F)cccc2N(C)S(C)(=O)=O)n1. The van der Waals surface area contributed by atoms with Gasteiger partial charge in [0.1, 0.15) is 22.1 Å². The van der Waals surface area contributed by atoms with Gasteiger partial charge in [-0.05, 0) is 77.0 Å². The topological polar surface area (TPSA) is 108 Å². The van der Waals surface area contributed by atoms with Gasteiger partial charge in [0.05, 0.1) is 28.5 Å². The first-order valence-corrected chi connectivity index (χ1v) is 27.3. The van der Waals surface area contributed by atoms with Crippen LogP contribution in [0.3, 0.4) is 0 Å². The number of hydrogen-bond donors (Lipinski definition) is 1. The van der Waals surface area contributed by atoms with Crippen molar-refractivity contribution < 1.29 is 31.4 Å². The summed E-state index contributed by atoms with van der Waals surface area (Å²) in [6, 6.07) is 11.2. The highest BCUT2D eigenvalue weighted by Crippen LogP contribution is 2.36. The zero-order chi connectivity index (χ0) is 37.7. The largest absolute Gasteiger partial charge is 0.464 e. The molecule has 10 nitrogen and oxygen atoms in total. The second-order valence-corrected chi connectivity index (χ2v) is 29.3. The van der Waals surface area contributed by atoms with Gasteiger partial charge in [0.25, 0.3) is 0 Å². The molecule has 1 N–H and O–H groups in total. The zero-order valence-corrected chi connectivity index (χ0v) is 36.0. The van der Waals surface area contributed by atoms with Crippen molar-refractivity contribution >= 4 is 71.2 Å². The Morgan fingerprint density at radius 2 is 1.65 bits per heavy atom. The lowest BCUT2D eigenvalue weighted by Gasteiger charge is -2.21. The number of aromatic nitrogens is 3. The fourth-order valence-electron chi connectivity index (χ4n) is 5.19. The molecule has 0 bridgehead atoms. The van der Waals surface area contributed by atoms with E-state index in [4.69, 9.17) is 24.3 Å². The van der Waals surface area contributed by atoms with E-state index in [0.29, 0.717) is 51.3 Å². The van der Waals surface area contributed by atoms with Crippen molar-refractivity contribution in [2.45, 2.75) is 78.0 Å². The molecule has 0 amide bonds. The number of halogens is 3. The summed E-state index contributed by atoms with van der Waals surface area (Å²) in [6.07, 6.45) is 1.63. The van der Waals surface area contributed by atoms with E-state index in [1.165, 1.54) is 25.2 Å². The van der Waals surface area contributed by atoms with E-state index in [0.717, 1.165) is 28.2 Å². The minimum absolute atomic E-state index is 0.0515. The lowest BCUT2D eigenvalue weighted by atomic mass is 10.0. The number of fused-ring (bicyclic) bond motifs is 1. The maximum absolute atomic E-state index is 15.6. The molecule has 0 aliphatic rings. The monoisotopic (exact) mass is 873 g/mol. The maximum atomic E-state index is 15.6. The number of rotatable bonds is 18. The molecule has 0 aliphatic carbocycles. The van der Waals surface area contributed by atoms with E-state index < -0.39 is 37.8 Å². The molecule has 2 heterocycles. The number of anilines is 2. The van der Waals surface area contributed by atoms with Crippen molar-refractivity contribution in [3.8, 4) is 17.0 Å². The van der Waals surface area contributed by atoms with Crippen LogP contribution in [0, 0.1) is 15.3 Å². The zero-order valence-electron chi connectivity index (χ0n) is 31.0. The van der Waals surface area contributed by atoms with Crippen LogP contribution in [0.1, 0.15) is 18.1 Å². The van der Waals surface area contributed by atoms with E-state index in [9.17, 15) is 8.42 Å². The van der Waals surface area contributed by atoms with Crippen molar-refractivity contribution in [1.82, 2.24) is 14.8 Å². The van der Waals surface area contributed by atoms with Gasteiger partial charge in [-0.1, -0.05) is 52.3 Å². The van der Waals surface area contributed by atoms with Crippen molar-refractivity contribution in [3.05, 3.63) is 62.9 Å². The second kappa shape index (κ2) is 17.0. The summed E-state index contributed by atoms with van der Waals surface area (Å²) in [5.41, 5.74) is 2.90. The van der Waals surface area contributed by atoms with E-state index in [-0.39, 0.29) is 37.1 Å². The average molecular weight is 874 g/mol. The third-order valence-corrected chi connectivity index (χ3v) is 13.7.